The number of ether oxygens (including phenoxy) is 4. The molecular weight excluding hydrogens is 374 g/mol. The average Bonchev–Trinajstić information content (AvgIpc) is 2.76. The van der Waals surface area contributed by atoms with E-state index < -0.39 is 12.1 Å². The molecule has 2 aromatic carbocycles. The minimum absolute atomic E-state index is 0.320. The summed E-state index contributed by atoms with van der Waals surface area (Å²) < 4.78 is 21.7. The van der Waals surface area contributed by atoms with Crippen molar-refractivity contribution in [2.45, 2.75) is 13.0 Å². The maximum absolute atomic E-state index is 12.5. The first-order valence-corrected chi connectivity index (χ1v) is 9.18. The van der Waals surface area contributed by atoms with Crippen LogP contribution < -0.4 is 19.1 Å². The van der Waals surface area contributed by atoms with Crippen molar-refractivity contribution in [1.29, 1.82) is 0 Å². The van der Waals surface area contributed by atoms with Gasteiger partial charge in [0.2, 0.25) is 5.75 Å². The van der Waals surface area contributed by atoms with Gasteiger partial charge >= 0.3 is 5.97 Å². The number of amides is 1. The van der Waals surface area contributed by atoms with Crippen LogP contribution in [0.15, 0.2) is 48.5 Å². The SMILES string of the molecule is COc1cc(/C=C/C(=O)O[C@@H](C)C(=O)N(C)c2ccccc2)cc2c1OCCO2. The smallest absolute Gasteiger partial charge is 0.331 e. The Labute approximate surface area is 169 Å². The highest BCUT2D eigenvalue weighted by molar-refractivity contribution is 5.98. The Morgan fingerprint density at radius 1 is 1.14 bits per heavy atom. The van der Waals surface area contributed by atoms with Crippen LogP contribution in [0, 0.1) is 0 Å². The van der Waals surface area contributed by atoms with Crippen molar-refractivity contribution in [1.82, 2.24) is 0 Å². The van der Waals surface area contributed by atoms with E-state index in [0.29, 0.717) is 36.0 Å². The summed E-state index contributed by atoms with van der Waals surface area (Å²) in [4.78, 5) is 26.1. The number of likely N-dealkylation sites (N-methyl/N-ethyl adjacent to an activating group) is 1. The fourth-order valence-corrected chi connectivity index (χ4v) is 2.87. The zero-order valence-electron chi connectivity index (χ0n) is 16.6. The molecule has 0 N–H and O–H groups in total. The lowest BCUT2D eigenvalue weighted by atomic mass is 10.1. The number of anilines is 1. The van der Waals surface area contributed by atoms with Crippen LogP contribution in [0.2, 0.25) is 0 Å². The maximum atomic E-state index is 12.5. The molecule has 29 heavy (non-hydrogen) atoms. The van der Waals surface area contributed by atoms with E-state index in [1.165, 1.54) is 18.1 Å². The van der Waals surface area contributed by atoms with Gasteiger partial charge in [0.1, 0.15) is 13.2 Å². The van der Waals surface area contributed by atoms with Gasteiger partial charge < -0.3 is 23.8 Å². The number of carbonyl (C=O) groups excluding carboxylic acids is 2. The fraction of sp³-hybridized carbons (Fsp3) is 0.273. The van der Waals surface area contributed by atoms with Crippen molar-refractivity contribution in [3.63, 3.8) is 0 Å². The number of fused-ring (bicyclic) bond motifs is 1. The van der Waals surface area contributed by atoms with Gasteiger partial charge in [-0.1, -0.05) is 18.2 Å². The van der Waals surface area contributed by atoms with Crippen LogP contribution in [-0.2, 0) is 14.3 Å². The summed E-state index contributed by atoms with van der Waals surface area (Å²) in [5.74, 6) is 0.668. The maximum Gasteiger partial charge on any atom is 0.331 e. The summed E-state index contributed by atoms with van der Waals surface area (Å²) in [6.07, 6.45) is 1.91. The molecule has 0 unspecified atom stereocenters. The molecule has 152 valence electrons. The lowest BCUT2D eigenvalue weighted by Gasteiger charge is -2.21. The first kappa shape index (κ1) is 20.3. The summed E-state index contributed by atoms with van der Waals surface area (Å²) in [5, 5.41) is 0. The number of hydrogen-bond donors (Lipinski definition) is 0. The third-order valence-electron chi connectivity index (χ3n) is 4.38. The number of nitrogens with zero attached hydrogens (tertiary/aromatic N) is 1. The van der Waals surface area contributed by atoms with Gasteiger partial charge in [-0.3, -0.25) is 4.79 Å². The van der Waals surface area contributed by atoms with Crippen LogP contribution in [0.25, 0.3) is 6.08 Å². The zero-order chi connectivity index (χ0) is 20.8. The van der Waals surface area contributed by atoms with Crippen LogP contribution >= 0.6 is 0 Å². The summed E-state index contributed by atoms with van der Waals surface area (Å²) in [5.41, 5.74) is 1.41. The van der Waals surface area contributed by atoms with E-state index in [0.717, 1.165) is 5.69 Å². The van der Waals surface area contributed by atoms with Crippen molar-refractivity contribution in [2.24, 2.45) is 0 Å². The summed E-state index contributed by atoms with van der Waals surface area (Å²) in [7, 11) is 3.17. The second kappa shape index (κ2) is 9.14. The summed E-state index contributed by atoms with van der Waals surface area (Å²) >= 11 is 0. The Balaban J connectivity index is 1.64. The number of carbonyl (C=O) groups is 2. The largest absolute Gasteiger partial charge is 0.493 e. The Hall–Kier alpha value is -3.48. The molecule has 1 aliphatic heterocycles. The molecular formula is C22H23NO6. The van der Waals surface area contributed by atoms with Gasteiger partial charge in [-0.05, 0) is 42.8 Å². The van der Waals surface area contributed by atoms with Crippen LogP contribution in [-0.4, -0.2) is 45.4 Å². The molecule has 1 heterocycles. The number of esters is 1. The lowest BCUT2D eigenvalue weighted by Crippen LogP contribution is -2.37. The van der Waals surface area contributed by atoms with Crippen molar-refractivity contribution in [3.05, 3.63) is 54.1 Å². The molecule has 1 atom stereocenters. The third kappa shape index (κ3) is 4.87. The third-order valence-corrected chi connectivity index (χ3v) is 4.38. The van der Waals surface area contributed by atoms with Gasteiger partial charge in [0.15, 0.2) is 17.6 Å². The predicted octanol–water partition coefficient (Wildman–Crippen LogP) is 3.07. The molecule has 1 amide bonds. The van der Waals surface area contributed by atoms with Gasteiger partial charge in [0.25, 0.3) is 5.91 Å². The number of hydrogen-bond acceptors (Lipinski definition) is 6. The predicted molar refractivity (Wildman–Crippen MR) is 108 cm³/mol. The van der Waals surface area contributed by atoms with Crippen molar-refractivity contribution in [3.8, 4) is 17.2 Å². The molecule has 0 bridgehead atoms. The van der Waals surface area contributed by atoms with Crippen LogP contribution in [0.4, 0.5) is 5.69 Å². The number of para-hydroxylation sites is 1. The van der Waals surface area contributed by atoms with E-state index >= 15 is 0 Å². The van der Waals surface area contributed by atoms with Crippen molar-refractivity contribution in [2.75, 3.05) is 32.3 Å². The molecule has 0 aliphatic carbocycles. The second-order valence-electron chi connectivity index (χ2n) is 6.39. The number of methoxy groups -OCH3 is 1. The first-order chi connectivity index (χ1) is 14.0. The van der Waals surface area contributed by atoms with Crippen LogP contribution in [0.3, 0.4) is 0 Å². The summed E-state index contributed by atoms with van der Waals surface area (Å²) in [6.45, 7) is 2.44. The van der Waals surface area contributed by atoms with E-state index in [1.807, 2.05) is 30.3 Å². The highest BCUT2D eigenvalue weighted by Gasteiger charge is 2.22. The molecule has 1 aliphatic rings. The Kier molecular flexibility index (Phi) is 6.39. The standard InChI is InChI=1S/C22H23NO6/c1-15(22(25)23(2)17-7-5-4-6-8-17)29-20(24)10-9-16-13-18(26-3)21-19(14-16)27-11-12-28-21/h4-10,13-15H,11-12H2,1-3H3/b10-9+/t15-/m0/s1. The lowest BCUT2D eigenvalue weighted by molar-refractivity contribution is -0.148. The van der Waals surface area contributed by atoms with Gasteiger partial charge in [-0.2, -0.15) is 0 Å². The van der Waals surface area contributed by atoms with Crippen LogP contribution in [0.1, 0.15) is 12.5 Å². The summed E-state index contributed by atoms with van der Waals surface area (Å²) in [6, 6.07) is 12.6. The molecule has 0 radical (unpaired) electrons. The van der Waals surface area contributed by atoms with E-state index in [1.54, 1.807) is 32.2 Å². The highest BCUT2D eigenvalue weighted by atomic mass is 16.6. The van der Waals surface area contributed by atoms with Crippen molar-refractivity contribution < 1.29 is 28.5 Å². The first-order valence-electron chi connectivity index (χ1n) is 9.18. The van der Waals surface area contributed by atoms with Crippen LogP contribution in [0.5, 0.6) is 17.2 Å². The van der Waals surface area contributed by atoms with E-state index in [4.69, 9.17) is 18.9 Å². The molecule has 7 heteroatoms. The Bertz CT molecular complexity index is 892. The Morgan fingerprint density at radius 3 is 2.59 bits per heavy atom. The zero-order valence-corrected chi connectivity index (χ0v) is 16.6. The van der Waals surface area contributed by atoms with Gasteiger partial charge in [-0.25, -0.2) is 4.79 Å². The molecule has 0 saturated heterocycles. The number of benzene rings is 2. The fourth-order valence-electron chi connectivity index (χ4n) is 2.87. The number of rotatable bonds is 6. The molecule has 0 spiro atoms. The van der Waals surface area contributed by atoms with Crippen molar-refractivity contribution >= 4 is 23.6 Å². The quantitative estimate of drug-likeness (QED) is 0.551. The van der Waals surface area contributed by atoms with Gasteiger partial charge in [0.05, 0.1) is 7.11 Å². The highest BCUT2D eigenvalue weighted by Crippen LogP contribution is 2.40. The average molecular weight is 397 g/mol. The topological polar surface area (TPSA) is 74.3 Å². The molecule has 3 rings (SSSR count). The minimum Gasteiger partial charge on any atom is -0.493 e. The second-order valence-corrected chi connectivity index (χ2v) is 6.39. The van der Waals surface area contributed by atoms with E-state index in [-0.39, 0.29) is 5.91 Å². The monoisotopic (exact) mass is 397 g/mol. The molecule has 0 saturated carbocycles. The molecule has 0 aromatic heterocycles. The normalized spacial score (nSPS) is 13.6. The molecule has 2 aromatic rings. The van der Waals surface area contributed by atoms with Gasteiger partial charge in [-0.15, -0.1) is 0 Å². The molecule has 7 nitrogen and oxygen atoms in total. The minimum atomic E-state index is -0.924. The Morgan fingerprint density at radius 2 is 1.86 bits per heavy atom. The van der Waals surface area contributed by atoms with Gasteiger partial charge in [0, 0.05) is 18.8 Å². The van der Waals surface area contributed by atoms with E-state index in [9.17, 15) is 9.59 Å². The molecule has 0 fully saturated rings. The van der Waals surface area contributed by atoms with E-state index in [2.05, 4.69) is 0 Å².